The number of ether oxygens (including phenoxy) is 1. The van der Waals surface area contributed by atoms with Crippen molar-refractivity contribution < 1.29 is 9.53 Å². The lowest BCUT2D eigenvalue weighted by atomic mass is 9.85. The van der Waals surface area contributed by atoms with E-state index in [9.17, 15) is 4.79 Å². The van der Waals surface area contributed by atoms with E-state index in [2.05, 4.69) is 48.3 Å². The van der Waals surface area contributed by atoms with Crippen LogP contribution in [0.3, 0.4) is 0 Å². The van der Waals surface area contributed by atoms with Gasteiger partial charge in [0, 0.05) is 11.6 Å². The predicted molar refractivity (Wildman–Crippen MR) is 120 cm³/mol. The molecule has 1 unspecified atom stereocenters. The first-order valence-electron chi connectivity index (χ1n) is 11.0. The van der Waals surface area contributed by atoms with Crippen molar-refractivity contribution in [2.24, 2.45) is 11.3 Å². The summed E-state index contributed by atoms with van der Waals surface area (Å²) in [5.74, 6) is 0.513. The fourth-order valence-corrected chi connectivity index (χ4v) is 5.68. The maximum absolute atomic E-state index is 12.9. The molecule has 1 amide bonds. The largest absolute Gasteiger partial charge is 0.445 e. The van der Waals surface area contributed by atoms with Gasteiger partial charge in [0.2, 0.25) is 0 Å². The number of halogens is 1. The van der Waals surface area contributed by atoms with E-state index in [-0.39, 0.29) is 23.7 Å². The number of rotatable bonds is 3. The van der Waals surface area contributed by atoms with Crippen molar-refractivity contribution in [2.45, 2.75) is 45.3 Å². The zero-order chi connectivity index (χ0) is 20.9. The van der Waals surface area contributed by atoms with Crippen LogP contribution in [0.5, 0.6) is 0 Å². The summed E-state index contributed by atoms with van der Waals surface area (Å²) in [7, 11) is 0. The van der Waals surface area contributed by atoms with Gasteiger partial charge < -0.3 is 10.1 Å². The normalized spacial score (nSPS) is 28.8. The summed E-state index contributed by atoms with van der Waals surface area (Å²) in [4.78, 5) is 15.3. The molecule has 1 N–H and O–H groups in total. The predicted octanol–water partition coefficient (Wildman–Crippen LogP) is 5.45. The number of amides is 1. The highest BCUT2D eigenvalue weighted by atomic mass is 35.5. The van der Waals surface area contributed by atoms with Gasteiger partial charge >= 0.3 is 6.09 Å². The Labute approximate surface area is 183 Å². The zero-order valence-electron chi connectivity index (χ0n) is 17.7. The van der Waals surface area contributed by atoms with Crippen molar-refractivity contribution in [3.8, 4) is 11.1 Å². The first-order valence-corrected chi connectivity index (χ1v) is 11.4. The summed E-state index contributed by atoms with van der Waals surface area (Å²) in [5.41, 5.74) is 4.61. The molecule has 5 heteroatoms. The second-order valence-corrected chi connectivity index (χ2v) is 10.2. The van der Waals surface area contributed by atoms with E-state index >= 15 is 0 Å². The Morgan fingerprint density at radius 2 is 1.90 bits per heavy atom. The van der Waals surface area contributed by atoms with Gasteiger partial charge in [0.25, 0.3) is 0 Å². The average Bonchev–Trinajstić information content (AvgIpc) is 2.98. The van der Waals surface area contributed by atoms with E-state index in [1.54, 1.807) is 0 Å². The van der Waals surface area contributed by atoms with Crippen molar-refractivity contribution in [1.82, 2.24) is 10.2 Å². The maximum Gasteiger partial charge on any atom is 0.407 e. The number of fused-ring (bicyclic) bond motifs is 4. The Bertz CT molecular complexity index is 965. The van der Waals surface area contributed by atoms with Gasteiger partial charge in [0.1, 0.15) is 6.10 Å². The molecule has 0 spiro atoms. The van der Waals surface area contributed by atoms with Crippen molar-refractivity contribution in [1.29, 1.82) is 0 Å². The third-order valence-electron chi connectivity index (χ3n) is 7.16. The van der Waals surface area contributed by atoms with E-state index in [0.29, 0.717) is 5.92 Å². The molecule has 0 radical (unpaired) electrons. The van der Waals surface area contributed by atoms with Crippen LogP contribution in [0.25, 0.3) is 11.1 Å². The monoisotopic (exact) mass is 424 g/mol. The van der Waals surface area contributed by atoms with Gasteiger partial charge in [0.15, 0.2) is 0 Å². The summed E-state index contributed by atoms with van der Waals surface area (Å²) in [6, 6.07) is 14.4. The quantitative estimate of drug-likeness (QED) is 0.712. The van der Waals surface area contributed by atoms with E-state index in [0.717, 1.165) is 55.0 Å². The van der Waals surface area contributed by atoms with Gasteiger partial charge in [-0.05, 0) is 84.1 Å². The number of alkyl carbamates (subject to hydrolysis) is 1. The number of hydrogen-bond donors (Lipinski definition) is 1. The van der Waals surface area contributed by atoms with Gasteiger partial charge in [-0.15, -0.1) is 0 Å². The first kappa shape index (κ1) is 19.9. The first-order chi connectivity index (χ1) is 14.4. The highest BCUT2D eigenvalue weighted by Crippen LogP contribution is 2.46. The number of hydrogen-bond acceptors (Lipinski definition) is 3. The number of nitrogens with one attached hydrogen (secondary N) is 1. The summed E-state index contributed by atoms with van der Waals surface area (Å²) in [5, 5.41) is 3.94. The second kappa shape index (κ2) is 7.58. The van der Waals surface area contributed by atoms with Crippen molar-refractivity contribution in [3.05, 3.63) is 58.6 Å². The van der Waals surface area contributed by atoms with Crippen LogP contribution in [0.1, 0.15) is 43.9 Å². The average molecular weight is 425 g/mol. The van der Waals surface area contributed by atoms with E-state index in [1.165, 1.54) is 11.1 Å². The maximum atomic E-state index is 12.9. The van der Waals surface area contributed by atoms with Crippen LogP contribution in [-0.2, 0) is 11.2 Å². The van der Waals surface area contributed by atoms with Crippen LogP contribution < -0.4 is 5.32 Å². The Morgan fingerprint density at radius 1 is 1.13 bits per heavy atom. The third kappa shape index (κ3) is 3.72. The Morgan fingerprint density at radius 3 is 2.60 bits per heavy atom. The molecule has 3 heterocycles. The lowest BCUT2D eigenvalue weighted by molar-refractivity contribution is -0.0348. The number of piperidine rings is 3. The molecule has 4 aliphatic rings. The number of benzene rings is 2. The minimum absolute atomic E-state index is 0.0225. The molecule has 30 heavy (non-hydrogen) atoms. The number of carbonyl (C=O) groups is 1. The number of carbonyl (C=O) groups excluding carboxylic acids is 1. The summed E-state index contributed by atoms with van der Waals surface area (Å²) >= 11 is 6.20. The second-order valence-electron chi connectivity index (χ2n) is 9.75. The van der Waals surface area contributed by atoms with Gasteiger partial charge in [0.05, 0.1) is 6.04 Å². The Kier molecular flexibility index (Phi) is 5.03. The standard InChI is InChI=1S/C25H29ClN2O2/c1-25(2)14-19-7-6-18(17-4-3-5-20(26)12-17)13-21(19)23(25)27-24(29)30-22-15-28-10-8-16(22)9-11-28/h3-7,12-13,16,22-23H,8-11,14-15H2,1-2H3,(H,27,29)/t22-,23?/m0/s1. The highest BCUT2D eigenvalue weighted by Gasteiger charge is 2.42. The fraction of sp³-hybridized carbons (Fsp3) is 0.480. The fourth-order valence-electron chi connectivity index (χ4n) is 5.49. The third-order valence-corrected chi connectivity index (χ3v) is 7.39. The molecular formula is C25H29ClN2O2. The zero-order valence-corrected chi connectivity index (χ0v) is 18.4. The SMILES string of the molecule is CC1(C)Cc2ccc(-c3cccc(Cl)c3)cc2C1NC(=O)O[C@H]1CN2CCC1CC2. The molecule has 6 rings (SSSR count). The smallest absolute Gasteiger partial charge is 0.407 e. The molecule has 2 atom stereocenters. The molecular weight excluding hydrogens is 396 g/mol. The molecule has 3 fully saturated rings. The van der Waals surface area contributed by atoms with Gasteiger partial charge in [-0.1, -0.05) is 49.7 Å². The molecule has 3 saturated heterocycles. The lowest BCUT2D eigenvalue weighted by Gasteiger charge is -2.44. The Hall–Kier alpha value is -2.04. The van der Waals surface area contributed by atoms with E-state index in [4.69, 9.17) is 16.3 Å². The summed E-state index contributed by atoms with van der Waals surface area (Å²) in [6.45, 7) is 7.58. The Balaban J connectivity index is 1.36. The van der Waals surface area contributed by atoms with Crippen LogP contribution in [0.4, 0.5) is 4.79 Å². The van der Waals surface area contributed by atoms with Crippen molar-refractivity contribution >= 4 is 17.7 Å². The molecule has 2 bridgehead atoms. The molecule has 3 aliphatic heterocycles. The van der Waals surface area contributed by atoms with Crippen molar-refractivity contribution in [2.75, 3.05) is 19.6 Å². The van der Waals surface area contributed by atoms with Crippen LogP contribution >= 0.6 is 11.6 Å². The molecule has 1 aliphatic carbocycles. The highest BCUT2D eigenvalue weighted by molar-refractivity contribution is 6.30. The van der Waals surface area contributed by atoms with Gasteiger partial charge in [-0.25, -0.2) is 4.79 Å². The molecule has 2 aromatic carbocycles. The number of nitrogens with zero attached hydrogens (tertiary/aromatic N) is 1. The lowest BCUT2D eigenvalue weighted by Crippen LogP contribution is -2.53. The molecule has 158 valence electrons. The molecule has 2 aromatic rings. The topological polar surface area (TPSA) is 41.6 Å². The van der Waals surface area contributed by atoms with Crippen LogP contribution in [0, 0.1) is 11.3 Å². The minimum Gasteiger partial charge on any atom is -0.445 e. The van der Waals surface area contributed by atoms with Crippen LogP contribution in [0.15, 0.2) is 42.5 Å². The van der Waals surface area contributed by atoms with Gasteiger partial charge in [-0.2, -0.15) is 0 Å². The molecule has 0 aromatic heterocycles. The van der Waals surface area contributed by atoms with E-state index < -0.39 is 0 Å². The van der Waals surface area contributed by atoms with Crippen LogP contribution in [-0.4, -0.2) is 36.7 Å². The molecule has 4 nitrogen and oxygen atoms in total. The van der Waals surface area contributed by atoms with E-state index in [1.807, 2.05) is 18.2 Å². The van der Waals surface area contributed by atoms with Gasteiger partial charge in [-0.3, -0.25) is 4.90 Å². The minimum atomic E-state index is -0.284. The summed E-state index contributed by atoms with van der Waals surface area (Å²) < 4.78 is 5.92. The molecule has 0 saturated carbocycles. The summed E-state index contributed by atoms with van der Waals surface area (Å²) in [6.07, 6.45) is 2.95. The van der Waals surface area contributed by atoms with Crippen molar-refractivity contribution in [3.63, 3.8) is 0 Å². The van der Waals surface area contributed by atoms with Crippen LogP contribution in [0.2, 0.25) is 5.02 Å².